The fraction of sp³-hybridized carbons (Fsp3) is 0.304. The van der Waals surface area contributed by atoms with E-state index in [1.165, 1.54) is 6.07 Å². The van der Waals surface area contributed by atoms with Crippen LogP contribution in [0.4, 0.5) is 0 Å². The number of benzene rings is 2. The third-order valence-electron chi connectivity index (χ3n) is 4.25. The van der Waals surface area contributed by atoms with Gasteiger partial charge in [0.1, 0.15) is 11.5 Å². The summed E-state index contributed by atoms with van der Waals surface area (Å²) in [7, 11) is 0. The molecule has 1 atom stereocenters. The van der Waals surface area contributed by atoms with Crippen LogP contribution >= 0.6 is 0 Å². The van der Waals surface area contributed by atoms with Crippen molar-refractivity contribution in [2.75, 3.05) is 0 Å². The Bertz CT molecular complexity index is 740. The first-order valence-corrected chi connectivity index (χ1v) is 9.10. The summed E-state index contributed by atoms with van der Waals surface area (Å²) in [6.07, 6.45) is 10.6. The van der Waals surface area contributed by atoms with E-state index >= 15 is 0 Å². The van der Waals surface area contributed by atoms with E-state index in [9.17, 15) is 15.3 Å². The van der Waals surface area contributed by atoms with Crippen molar-refractivity contribution < 1.29 is 15.3 Å². The number of hydrogen-bond acceptors (Lipinski definition) is 3. The van der Waals surface area contributed by atoms with Crippen LogP contribution in [-0.4, -0.2) is 21.4 Å². The van der Waals surface area contributed by atoms with Gasteiger partial charge in [0.2, 0.25) is 0 Å². The fourth-order valence-corrected chi connectivity index (χ4v) is 2.67. The molecular formula is C23H28O3. The van der Waals surface area contributed by atoms with Gasteiger partial charge in [-0.1, -0.05) is 56.4 Å². The molecule has 0 aromatic heterocycles. The summed E-state index contributed by atoms with van der Waals surface area (Å²) >= 11 is 0. The van der Waals surface area contributed by atoms with E-state index in [0.717, 1.165) is 36.0 Å². The average Bonchev–Trinajstić information content (AvgIpc) is 2.59. The van der Waals surface area contributed by atoms with E-state index in [1.807, 2.05) is 38.1 Å². The molecule has 0 aliphatic carbocycles. The van der Waals surface area contributed by atoms with Crippen LogP contribution < -0.4 is 0 Å². The standard InChI is InChI=1S/C23H28O3/c1-17(2)23(26)10-5-3-4-7-18-8-6-9-19(13-18)11-12-20-14-21(24)16-22(25)15-20/h4,6-9,11-17,23-26H,3,5,10H2,1-2H3/b7-4+,12-11+. The summed E-state index contributed by atoms with van der Waals surface area (Å²) in [5.74, 6) is 0.406. The molecule has 2 aromatic carbocycles. The minimum atomic E-state index is -0.214. The van der Waals surface area contributed by atoms with Gasteiger partial charge in [-0.05, 0) is 60.1 Å². The lowest BCUT2D eigenvalue weighted by Crippen LogP contribution is -2.13. The maximum Gasteiger partial charge on any atom is 0.119 e. The molecule has 2 aromatic rings. The van der Waals surface area contributed by atoms with Gasteiger partial charge in [-0.3, -0.25) is 0 Å². The number of aliphatic hydroxyl groups is 1. The van der Waals surface area contributed by atoms with Crippen molar-refractivity contribution in [3.05, 3.63) is 65.2 Å². The Kier molecular flexibility index (Phi) is 7.49. The fourth-order valence-electron chi connectivity index (χ4n) is 2.67. The lowest BCUT2D eigenvalue weighted by molar-refractivity contribution is 0.114. The van der Waals surface area contributed by atoms with Crippen LogP contribution in [0.15, 0.2) is 48.5 Å². The average molecular weight is 352 g/mol. The second-order valence-corrected chi connectivity index (χ2v) is 6.93. The van der Waals surface area contributed by atoms with Crippen LogP contribution in [0, 0.1) is 5.92 Å². The molecule has 3 nitrogen and oxygen atoms in total. The van der Waals surface area contributed by atoms with Crippen molar-refractivity contribution in [1.82, 2.24) is 0 Å². The molecule has 0 spiro atoms. The van der Waals surface area contributed by atoms with Gasteiger partial charge in [-0.15, -0.1) is 0 Å². The van der Waals surface area contributed by atoms with Gasteiger partial charge in [0.05, 0.1) is 6.10 Å². The first-order chi connectivity index (χ1) is 12.4. The Labute approximate surface area is 156 Å². The van der Waals surface area contributed by atoms with Crippen molar-refractivity contribution in [1.29, 1.82) is 0 Å². The number of rotatable bonds is 8. The minimum Gasteiger partial charge on any atom is -0.508 e. The molecule has 0 heterocycles. The molecule has 0 bridgehead atoms. The molecule has 26 heavy (non-hydrogen) atoms. The molecule has 1 unspecified atom stereocenters. The Morgan fingerprint density at radius 2 is 1.46 bits per heavy atom. The normalized spacial score (nSPS) is 13.1. The molecule has 0 saturated carbocycles. The second-order valence-electron chi connectivity index (χ2n) is 6.93. The SMILES string of the molecule is CC(C)C(O)CCC/C=C/c1cccc(/C=C/c2cc(O)cc(O)c2)c1. The Morgan fingerprint density at radius 1 is 0.846 bits per heavy atom. The van der Waals surface area contributed by atoms with E-state index in [-0.39, 0.29) is 17.6 Å². The first kappa shape index (κ1) is 19.8. The summed E-state index contributed by atoms with van der Waals surface area (Å²) in [5, 5.41) is 28.8. The molecule has 2 rings (SSSR count). The zero-order chi connectivity index (χ0) is 18.9. The third kappa shape index (κ3) is 6.77. The van der Waals surface area contributed by atoms with E-state index in [1.54, 1.807) is 12.1 Å². The third-order valence-corrected chi connectivity index (χ3v) is 4.25. The summed E-state index contributed by atoms with van der Waals surface area (Å²) in [6.45, 7) is 4.08. The Morgan fingerprint density at radius 3 is 2.12 bits per heavy atom. The van der Waals surface area contributed by atoms with Crippen molar-refractivity contribution >= 4 is 18.2 Å². The molecule has 0 fully saturated rings. The van der Waals surface area contributed by atoms with E-state index in [0.29, 0.717) is 5.92 Å². The van der Waals surface area contributed by atoms with Crippen molar-refractivity contribution in [3.8, 4) is 11.5 Å². The smallest absolute Gasteiger partial charge is 0.119 e. The van der Waals surface area contributed by atoms with E-state index < -0.39 is 0 Å². The van der Waals surface area contributed by atoms with Gasteiger partial charge < -0.3 is 15.3 Å². The predicted octanol–water partition coefficient (Wildman–Crippen LogP) is 5.47. The number of hydrogen-bond donors (Lipinski definition) is 3. The van der Waals surface area contributed by atoms with Crippen molar-refractivity contribution in [2.24, 2.45) is 5.92 Å². The second kappa shape index (κ2) is 9.83. The summed E-state index contributed by atoms with van der Waals surface area (Å²) in [6, 6.07) is 12.7. The van der Waals surface area contributed by atoms with Gasteiger partial charge >= 0.3 is 0 Å². The highest BCUT2D eigenvalue weighted by molar-refractivity contribution is 5.72. The predicted molar refractivity (Wildman–Crippen MR) is 109 cm³/mol. The number of unbranched alkanes of at least 4 members (excludes halogenated alkanes) is 1. The molecule has 0 aliphatic rings. The number of allylic oxidation sites excluding steroid dienone is 1. The molecule has 0 aliphatic heterocycles. The number of aliphatic hydroxyl groups excluding tert-OH is 1. The summed E-state index contributed by atoms with van der Waals surface area (Å²) in [5.41, 5.74) is 2.91. The lowest BCUT2D eigenvalue weighted by atomic mass is 10.0. The van der Waals surface area contributed by atoms with Crippen LogP contribution in [-0.2, 0) is 0 Å². The highest BCUT2D eigenvalue weighted by Crippen LogP contribution is 2.22. The molecular weight excluding hydrogens is 324 g/mol. The van der Waals surface area contributed by atoms with Crippen LogP contribution in [0.25, 0.3) is 18.2 Å². The van der Waals surface area contributed by atoms with Gasteiger partial charge in [0, 0.05) is 6.07 Å². The number of phenols is 2. The van der Waals surface area contributed by atoms with E-state index in [4.69, 9.17) is 0 Å². The maximum atomic E-state index is 9.80. The zero-order valence-electron chi connectivity index (χ0n) is 15.5. The number of phenolic OH excluding ortho intramolecular Hbond substituents is 2. The van der Waals surface area contributed by atoms with Crippen LogP contribution in [0.2, 0.25) is 0 Å². The molecule has 138 valence electrons. The van der Waals surface area contributed by atoms with Crippen LogP contribution in [0.5, 0.6) is 11.5 Å². The first-order valence-electron chi connectivity index (χ1n) is 9.10. The van der Waals surface area contributed by atoms with Gasteiger partial charge in [0.25, 0.3) is 0 Å². The van der Waals surface area contributed by atoms with Gasteiger partial charge in [0.15, 0.2) is 0 Å². The summed E-state index contributed by atoms with van der Waals surface area (Å²) < 4.78 is 0. The molecule has 0 saturated heterocycles. The van der Waals surface area contributed by atoms with Crippen LogP contribution in [0.1, 0.15) is 49.8 Å². The van der Waals surface area contributed by atoms with Gasteiger partial charge in [-0.25, -0.2) is 0 Å². The summed E-state index contributed by atoms with van der Waals surface area (Å²) in [4.78, 5) is 0. The highest BCUT2D eigenvalue weighted by Gasteiger charge is 2.07. The van der Waals surface area contributed by atoms with Crippen LogP contribution in [0.3, 0.4) is 0 Å². The topological polar surface area (TPSA) is 60.7 Å². The van der Waals surface area contributed by atoms with Crippen molar-refractivity contribution in [3.63, 3.8) is 0 Å². The minimum absolute atomic E-state index is 0.0453. The Balaban J connectivity index is 1.93. The zero-order valence-corrected chi connectivity index (χ0v) is 15.5. The quantitative estimate of drug-likeness (QED) is 0.436. The maximum absolute atomic E-state index is 9.80. The van der Waals surface area contributed by atoms with Gasteiger partial charge in [-0.2, -0.15) is 0 Å². The highest BCUT2D eigenvalue weighted by atomic mass is 16.3. The number of aromatic hydroxyl groups is 2. The Hall–Kier alpha value is -2.52. The lowest BCUT2D eigenvalue weighted by Gasteiger charge is -2.12. The largest absolute Gasteiger partial charge is 0.508 e. The molecule has 3 N–H and O–H groups in total. The molecule has 3 heteroatoms. The molecule has 0 amide bonds. The van der Waals surface area contributed by atoms with Crippen molar-refractivity contribution in [2.45, 2.75) is 39.2 Å². The van der Waals surface area contributed by atoms with E-state index in [2.05, 4.69) is 24.3 Å². The molecule has 0 radical (unpaired) electrons. The monoisotopic (exact) mass is 352 g/mol.